The third kappa shape index (κ3) is 10.9. The molecule has 4 heteroatoms. The molecule has 0 fully saturated rings. The fourth-order valence-corrected chi connectivity index (χ4v) is 4.44. The maximum Gasteiger partial charge on any atom is 0.343 e. The predicted octanol–water partition coefficient (Wildman–Crippen LogP) is 9.97. The van der Waals surface area contributed by atoms with Crippen LogP contribution in [0.5, 0.6) is 11.5 Å². The zero-order valence-electron chi connectivity index (χ0n) is 24.1. The highest BCUT2D eigenvalue weighted by atomic mass is 16.5. The lowest BCUT2D eigenvalue weighted by molar-refractivity contribution is 0.0637. The third-order valence-electron chi connectivity index (χ3n) is 7.00. The number of rotatable bonds is 18. The molecule has 0 heterocycles. The van der Waals surface area contributed by atoms with E-state index in [9.17, 15) is 4.79 Å². The summed E-state index contributed by atoms with van der Waals surface area (Å²) in [7, 11) is 0. The molecule has 0 N–H and O–H groups in total. The quantitative estimate of drug-likeness (QED) is 0.0932. The Morgan fingerprint density at radius 2 is 1.15 bits per heavy atom. The molecule has 1 atom stereocenters. The molecule has 0 aliphatic rings. The number of hydrogen-bond acceptors (Lipinski definition) is 4. The topological polar surface area (TPSA) is 44.8 Å². The van der Waals surface area contributed by atoms with Gasteiger partial charge in [-0.2, -0.15) is 0 Å². The van der Waals surface area contributed by atoms with Gasteiger partial charge >= 0.3 is 5.97 Å². The molecule has 0 aromatic heterocycles. The van der Waals surface area contributed by atoms with Gasteiger partial charge in [0.25, 0.3) is 0 Å². The van der Waals surface area contributed by atoms with E-state index in [1.165, 1.54) is 50.5 Å². The minimum absolute atomic E-state index is 0.0860. The fourth-order valence-electron chi connectivity index (χ4n) is 4.44. The number of unbranched alkanes of at least 4 members (excludes halogenated alkanes) is 8. The number of benzene rings is 3. The molecular weight excluding hydrogens is 484 g/mol. The molecule has 4 nitrogen and oxygen atoms in total. The molecule has 0 bridgehead atoms. The van der Waals surface area contributed by atoms with Crippen molar-refractivity contribution in [1.82, 2.24) is 0 Å². The summed E-state index contributed by atoms with van der Waals surface area (Å²) >= 11 is 0. The first-order valence-corrected chi connectivity index (χ1v) is 14.9. The van der Waals surface area contributed by atoms with Crippen LogP contribution in [0, 0.1) is 0 Å². The highest BCUT2D eigenvalue weighted by Crippen LogP contribution is 2.26. The van der Waals surface area contributed by atoms with Crippen molar-refractivity contribution in [2.24, 2.45) is 0 Å². The summed E-state index contributed by atoms with van der Waals surface area (Å²) in [5, 5.41) is 0. The Labute approximate surface area is 235 Å². The highest BCUT2D eigenvalue weighted by molar-refractivity contribution is 5.91. The average molecular weight is 531 g/mol. The van der Waals surface area contributed by atoms with Crippen molar-refractivity contribution < 1.29 is 19.0 Å². The summed E-state index contributed by atoms with van der Waals surface area (Å²) in [6, 6.07) is 23.2. The van der Waals surface area contributed by atoms with Crippen molar-refractivity contribution in [1.29, 1.82) is 0 Å². The molecule has 1 unspecified atom stereocenters. The monoisotopic (exact) mass is 530 g/mol. The molecule has 0 saturated carbocycles. The first-order valence-electron chi connectivity index (χ1n) is 14.9. The van der Waals surface area contributed by atoms with Gasteiger partial charge in [0.1, 0.15) is 11.5 Å². The van der Waals surface area contributed by atoms with Crippen LogP contribution in [0.3, 0.4) is 0 Å². The van der Waals surface area contributed by atoms with Crippen LogP contribution in [0.4, 0.5) is 0 Å². The minimum atomic E-state index is -0.376. The smallest absolute Gasteiger partial charge is 0.343 e. The highest BCUT2D eigenvalue weighted by Gasteiger charge is 2.10. The van der Waals surface area contributed by atoms with Crippen molar-refractivity contribution in [3.05, 3.63) is 83.9 Å². The molecule has 0 radical (unpaired) electrons. The number of ether oxygens (including phenoxy) is 3. The van der Waals surface area contributed by atoms with E-state index in [0.717, 1.165) is 42.7 Å². The summed E-state index contributed by atoms with van der Waals surface area (Å²) in [5.74, 6) is 0.930. The first-order chi connectivity index (χ1) is 19.1. The van der Waals surface area contributed by atoms with E-state index in [1.807, 2.05) is 36.4 Å². The molecule has 0 saturated heterocycles. The Hall–Kier alpha value is -3.11. The summed E-state index contributed by atoms with van der Waals surface area (Å²) in [6.45, 7) is 8.00. The van der Waals surface area contributed by atoms with Crippen LogP contribution in [0.2, 0.25) is 0 Å². The molecule has 0 aliphatic carbocycles. The molecule has 3 aromatic carbocycles. The lowest BCUT2D eigenvalue weighted by Crippen LogP contribution is -2.08. The van der Waals surface area contributed by atoms with Crippen LogP contribution in [-0.4, -0.2) is 19.2 Å². The zero-order chi connectivity index (χ0) is 27.7. The molecule has 3 aromatic rings. The summed E-state index contributed by atoms with van der Waals surface area (Å²) in [5.41, 5.74) is 3.85. The predicted molar refractivity (Wildman–Crippen MR) is 161 cm³/mol. The van der Waals surface area contributed by atoms with Gasteiger partial charge in [-0.3, -0.25) is 0 Å². The van der Waals surface area contributed by atoms with Gasteiger partial charge in [-0.1, -0.05) is 102 Å². The van der Waals surface area contributed by atoms with Gasteiger partial charge in [0.15, 0.2) is 0 Å². The van der Waals surface area contributed by atoms with Crippen LogP contribution in [-0.2, 0) is 4.74 Å². The van der Waals surface area contributed by atoms with E-state index < -0.39 is 0 Å². The van der Waals surface area contributed by atoms with Gasteiger partial charge in [0.05, 0.1) is 18.3 Å². The number of hydrogen-bond donors (Lipinski definition) is 0. The zero-order valence-corrected chi connectivity index (χ0v) is 24.1. The molecule has 0 amide bonds. The van der Waals surface area contributed by atoms with Crippen LogP contribution in [0.1, 0.15) is 107 Å². The second-order valence-corrected chi connectivity index (χ2v) is 10.3. The van der Waals surface area contributed by atoms with Gasteiger partial charge < -0.3 is 14.2 Å². The number of carbonyl (C=O) groups excluding carboxylic acids is 1. The van der Waals surface area contributed by atoms with Crippen molar-refractivity contribution in [2.45, 2.75) is 91.1 Å². The van der Waals surface area contributed by atoms with E-state index in [0.29, 0.717) is 17.9 Å². The third-order valence-corrected chi connectivity index (χ3v) is 7.00. The standard InChI is InChI=1S/C35H46O4/c1-4-6-8-9-10-11-12-13-27-38-33-22-20-32(21-23-33)35(36)39-34-24-18-31(19-25-34)30-16-14-29(15-17-30)28(3)37-26-7-5-2/h14-25,28H,4-13,26-27H2,1-3H3. The molecular formula is C35H46O4. The molecule has 210 valence electrons. The van der Waals surface area contributed by atoms with Crippen molar-refractivity contribution in [2.75, 3.05) is 13.2 Å². The van der Waals surface area contributed by atoms with E-state index in [1.54, 1.807) is 12.1 Å². The van der Waals surface area contributed by atoms with Crippen LogP contribution in [0.25, 0.3) is 11.1 Å². The number of carbonyl (C=O) groups is 1. The molecule has 0 aliphatic heterocycles. The van der Waals surface area contributed by atoms with E-state index in [2.05, 4.69) is 45.0 Å². The van der Waals surface area contributed by atoms with Gasteiger partial charge in [-0.05, 0) is 72.9 Å². The fraction of sp³-hybridized carbons (Fsp3) is 0.457. The Bertz CT molecular complexity index is 1070. The molecule has 3 rings (SSSR count). The van der Waals surface area contributed by atoms with Crippen LogP contribution in [0.15, 0.2) is 72.8 Å². The lowest BCUT2D eigenvalue weighted by Gasteiger charge is -2.14. The second-order valence-electron chi connectivity index (χ2n) is 10.3. The van der Waals surface area contributed by atoms with E-state index in [-0.39, 0.29) is 12.1 Å². The molecule has 0 spiro atoms. The van der Waals surface area contributed by atoms with Gasteiger partial charge in [-0.15, -0.1) is 0 Å². The van der Waals surface area contributed by atoms with Crippen LogP contribution >= 0.6 is 0 Å². The van der Waals surface area contributed by atoms with Crippen LogP contribution < -0.4 is 9.47 Å². The van der Waals surface area contributed by atoms with Gasteiger partial charge in [-0.25, -0.2) is 4.79 Å². The summed E-state index contributed by atoms with van der Waals surface area (Å²) in [4.78, 5) is 12.6. The second kappa shape index (κ2) is 17.5. The van der Waals surface area contributed by atoms with Crippen molar-refractivity contribution >= 4 is 5.97 Å². The van der Waals surface area contributed by atoms with Crippen molar-refractivity contribution in [3.63, 3.8) is 0 Å². The average Bonchev–Trinajstić information content (AvgIpc) is 2.97. The van der Waals surface area contributed by atoms with E-state index in [4.69, 9.17) is 14.2 Å². The maximum absolute atomic E-state index is 12.6. The maximum atomic E-state index is 12.6. The Balaban J connectivity index is 1.41. The first kappa shape index (κ1) is 30.4. The largest absolute Gasteiger partial charge is 0.494 e. The number of esters is 1. The minimum Gasteiger partial charge on any atom is -0.494 e. The SMILES string of the molecule is CCCCCCCCCCOc1ccc(C(=O)Oc2ccc(-c3ccc(C(C)OCCCC)cc3)cc2)cc1. The summed E-state index contributed by atoms with van der Waals surface area (Å²) in [6.07, 6.45) is 12.5. The van der Waals surface area contributed by atoms with Gasteiger partial charge in [0.2, 0.25) is 0 Å². The Morgan fingerprint density at radius 1 is 0.615 bits per heavy atom. The van der Waals surface area contributed by atoms with Crippen molar-refractivity contribution in [3.8, 4) is 22.6 Å². The molecule has 39 heavy (non-hydrogen) atoms. The Morgan fingerprint density at radius 3 is 1.77 bits per heavy atom. The van der Waals surface area contributed by atoms with E-state index >= 15 is 0 Å². The summed E-state index contributed by atoms with van der Waals surface area (Å²) < 4.78 is 17.3. The lowest BCUT2D eigenvalue weighted by atomic mass is 10.0. The normalized spacial score (nSPS) is 11.8. The van der Waals surface area contributed by atoms with Gasteiger partial charge in [0, 0.05) is 6.61 Å². The Kier molecular flexibility index (Phi) is 13.6.